The molecule has 0 aliphatic carbocycles. The van der Waals surface area contributed by atoms with Crippen LogP contribution < -0.4 is 10.2 Å². The number of sulfone groups is 1. The molecule has 0 aromatic heterocycles. The predicted octanol–water partition coefficient (Wildman–Crippen LogP) is 5.59. The van der Waals surface area contributed by atoms with Crippen molar-refractivity contribution in [3.8, 4) is 0 Å². The van der Waals surface area contributed by atoms with Gasteiger partial charge in [0.25, 0.3) is 0 Å². The van der Waals surface area contributed by atoms with Gasteiger partial charge in [-0.15, -0.1) is 0 Å². The van der Waals surface area contributed by atoms with Gasteiger partial charge in [0.1, 0.15) is 6.04 Å². The maximum absolute atomic E-state index is 13.9. The van der Waals surface area contributed by atoms with E-state index in [9.17, 15) is 18.0 Å². The first-order valence-corrected chi connectivity index (χ1v) is 16.3. The molecule has 228 valence electrons. The van der Waals surface area contributed by atoms with Crippen molar-refractivity contribution >= 4 is 38.2 Å². The van der Waals surface area contributed by atoms with E-state index in [0.717, 1.165) is 21.7 Å². The Morgan fingerprint density at radius 2 is 1.52 bits per heavy atom. The Morgan fingerprint density at radius 3 is 2.23 bits per heavy atom. The Morgan fingerprint density at radius 1 is 0.886 bits per heavy atom. The number of carbonyl (C=O) groups excluding carboxylic acids is 2. The van der Waals surface area contributed by atoms with Crippen LogP contribution in [0.3, 0.4) is 0 Å². The van der Waals surface area contributed by atoms with Gasteiger partial charge >= 0.3 is 6.03 Å². The molecule has 0 saturated carbocycles. The van der Waals surface area contributed by atoms with E-state index in [1.54, 1.807) is 30.0 Å². The summed E-state index contributed by atoms with van der Waals surface area (Å²) in [5.74, 6) is -0.389. The highest BCUT2D eigenvalue weighted by molar-refractivity contribution is 7.94. The van der Waals surface area contributed by atoms with Crippen molar-refractivity contribution in [3.05, 3.63) is 120 Å². The fourth-order valence-corrected chi connectivity index (χ4v) is 6.31. The summed E-state index contributed by atoms with van der Waals surface area (Å²) in [5, 5.41) is 6.16. The van der Waals surface area contributed by atoms with Crippen molar-refractivity contribution in [3.63, 3.8) is 0 Å². The van der Waals surface area contributed by atoms with Gasteiger partial charge in [-0.3, -0.25) is 9.69 Å². The van der Waals surface area contributed by atoms with Gasteiger partial charge < -0.3 is 15.0 Å². The average molecular weight is 612 g/mol. The molecule has 9 heteroatoms. The number of urea groups is 1. The van der Waals surface area contributed by atoms with E-state index in [1.807, 2.05) is 72.8 Å². The Balaban J connectivity index is 1.42. The zero-order valence-corrected chi connectivity index (χ0v) is 25.5. The average Bonchev–Trinajstić information content (AvgIpc) is 3.07. The maximum atomic E-state index is 13.9. The summed E-state index contributed by atoms with van der Waals surface area (Å²) in [6.45, 7) is 3.41. The van der Waals surface area contributed by atoms with E-state index in [1.165, 1.54) is 23.1 Å². The lowest BCUT2D eigenvalue weighted by molar-refractivity contribution is -0.122. The number of ether oxygens (including phenoxy) is 1. The van der Waals surface area contributed by atoms with Gasteiger partial charge in [-0.2, -0.15) is 0 Å². The first-order chi connectivity index (χ1) is 21.3. The zero-order chi connectivity index (χ0) is 30.9. The molecule has 1 heterocycles. The quantitative estimate of drug-likeness (QED) is 0.252. The van der Waals surface area contributed by atoms with Crippen LogP contribution in [0.15, 0.2) is 120 Å². The maximum Gasteiger partial charge on any atom is 0.325 e. The SMILES string of the molecule is C[C@@H](C(=O)N[C@H](/C=C/S(=O)(=O)c1ccccc1)CCc1ccccc1)N(C(=O)N1CCOCC1)c1ccc2ccccc2c1. The van der Waals surface area contributed by atoms with E-state index in [-0.39, 0.29) is 16.8 Å². The van der Waals surface area contributed by atoms with Crippen molar-refractivity contribution in [2.24, 2.45) is 0 Å². The number of rotatable bonds is 10. The molecule has 0 unspecified atom stereocenters. The molecule has 5 rings (SSSR count). The fourth-order valence-electron chi connectivity index (χ4n) is 5.22. The molecule has 2 atom stereocenters. The summed E-state index contributed by atoms with van der Waals surface area (Å²) in [6.07, 6.45) is 2.62. The van der Waals surface area contributed by atoms with E-state index < -0.39 is 21.9 Å². The highest BCUT2D eigenvalue weighted by Gasteiger charge is 2.32. The number of benzene rings is 4. The molecule has 44 heavy (non-hydrogen) atoms. The minimum Gasteiger partial charge on any atom is -0.378 e. The Labute approximate surface area is 258 Å². The number of carbonyl (C=O) groups is 2. The Bertz CT molecular complexity index is 1700. The normalized spacial score (nSPS) is 15.2. The molecule has 1 N–H and O–H groups in total. The van der Waals surface area contributed by atoms with Crippen molar-refractivity contribution in [2.45, 2.75) is 36.7 Å². The highest BCUT2D eigenvalue weighted by atomic mass is 32.2. The lowest BCUT2D eigenvalue weighted by Crippen LogP contribution is -2.56. The molecule has 1 fully saturated rings. The smallest absolute Gasteiger partial charge is 0.325 e. The van der Waals surface area contributed by atoms with E-state index in [4.69, 9.17) is 4.74 Å². The van der Waals surface area contributed by atoms with Crippen LogP contribution >= 0.6 is 0 Å². The van der Waals surface area contributed by atoms with Gasteiger partial charge in [0.05, 0.1) is 18.1 Å². The highest BCUT2D eigenvalue weighted by Crippen LogP contribution is 2.26. The van der Waals surface area contributed by atoms with E-state index in [0.29, 0.717) is 44.8 Å². The van der Waals surface area contributed by atoms with Crippen LogP contribution in [0.5, 0.6) is 0 Å². The van der Waals surface area contributed by atoms with Gasteiger partial charge in [0.2, 0.25) is 5.91 Å². The molecule has 1 saturated heterocycles. The van der Waals surface area contributed by atoms with Gasteiger partial charge in [-0.25, -0.2) is 13.2 Å². The van der Waals surface area contributed by atoms with Crippen LogP contribution in [-0.4, -0.2) is 63.6 Å². The zero-order valence-electron chi connectivity index (χ0n) is 24.7. The summed E-state index contributed by atoms with van der Waals surface area (Å²) in [7, 11) is -3.72. The molecule has 0 spiro atoms. The Hall–Kier alpha value is -4.47. The standard InChI is InChI=1S/C35H37N3O5S/c1-27(38(35(40)37-21-23-43-24-22-37)32-19-17-29-12-8-9-13-30(29)26-32)34(39)36-31(18-16-28-10-4-2-5-11-28)20-25-44(41,42)33-14-6-3-7-15-33/h2-15,17,19-20,25-27,31H,16,18,21-24H2,1H3,(H,36,39)/b25-20+/t27-,31-/m0/s1. The number of hydrogen-bond acceptors (Lipinski definition) is 5. The van der Waals surface area contributed by atoms with Crippen LogP contribution in [0.1, 0.15) is 18.9 Å². The van der Waals surface area contributed by atoms with Gasteiger partial charge in [-0.1, -0.05) is 84.9 Å². The second kappa shape index (κ2) is 14.3. The number of anilines is 1. The first-order valence-electron chi connectivity index (χ1n) is 14.8. The van der Waals surface area contributed by atoms with E-state index in [2.05, 4.69) is 5.32 Å². The van der Waals surface area contributed by atoms with Gasteiger partial charge in [0, 0.05) is 30.2 Å². The van der Waals surface area contributed by atoms with Crippen LogP contribution in [0.25, 0.3) is 10.8 Å². The minimum atomic E-state index is -3.72. The topological polar surface area (TPSA) is 96.0 Å². The lowest BCUT2D eigenvalue weighted by atomic mass is 10.0. The summed E-state index contributed by atoms with van der Waals surface area (Å²) in [6, 6.07) is 29.8. The third-order valence-electron chi connectivity index (χ3n) is 7.74. The summed E-state index contributed by atoms with van der Waals surface area (Å²) in [4.78, 5) is 31.2. The summed E-state index contributed by atoms with van der Waals surface area (Å²) < 4.78 is 31.5. The third-order valence-corrected chi connectivity index (χ3v) is 9.19. The summed E-state index contributed by atoms with van der Waals surface area (Å²) >= 11 is 0. The van der Waals surface area contributed by atoms with Crippen molar-refractivity contribution < 1.29 is 22.7 Å². The van der Waals surface area contributed by atoms with Crippen LogP contribution in [0.4, 0.5) is 10.5 Å². The van der Waals surface area contributed by atoms with Crippen molar-refractivity contribution in [1.82, 2.24) is 10.2 Å². The summed E-state index contributed by atoms with van der Waals surface area (Å²) in [5.41, 5.74) is 1.67. The molecule has 0 radical (unpaired) electrons. The molecule has 0 bridgehead atoms. The number of hydrogen-bond donors (Lipinski definition) is 1. The molecule has 8 nitrogen and oxygen atoms in total. The third kappa shape index (κ3) is 7.72. The van der Waals surface area contributed by atoms with Crippen molar-refractivity contribution in [2.75, 3.05) is 31.2 Å². The molecular formula is C35H37N3O5S. The van der Waals surface area contributed by atoms with Crippen LogP contribution in [-0.2, 0) is 25.8 Å². The number of nitrogens with one attached hydrogen (secondary N) is 1. The molecule has 4 aromatic rings. The lowest BCUT2D eigenvalue weighted by Gasteiger charge is -2.36. The number of morpholine rings is 1. The number of fused-ring (bicyclic) bond motifs is 1. The second-order valence-electron chi connectivity index (χ2n) is 10.8. The molecule has 3 amide bonds. The van der Waals surface area contributed by atoms with Gasteiger partial charge in [0.15, 0.2) is 9.84 Å². The van der Waals surface area contributed by atoms with Crippen molar-refractivity contribution in [1.29, 1.82) is 0 Å². The Kier molecular flexibility index (Phi) is 10.1. The molecular weight excluding hydrogens is 574 g/mol. The predicted molar refractivity (Wildman–Crippen MR) is 173 cm³/mol. The minimum absolute atomic E-state index is 0.177. The van der Waals surface area contributed by atoms with Crippen LogP contribution in [0.2, 0.25) is 0 Å². The second-order valence-corrected chi connectivity index (χ2v) is 12.6. The number of amides is 3. The molecule has 1 aliphatic heterocycles. The van der Waals surface area contributed by atoms with E-state index >= 15 is 0 Å². The number of nitrogens with zero attached hydrogens (tertiary/aromatic N) is 2. The molecule has 1 aliphatic rings. The van der Waals surface area contributed by atoms with Gasteiger partial charge in [-0.05, 0) is 60.4 Å². The van der Waals surface area contributed by atoms with Crippen LogP contribution in [0, 0.1) is 0 Å². The molecule has 4 aromatic carbocycles. The first kappa shape index (κ1) is 31.0. The fraction of sp³-hybridized carbons (Fsp3) is 0.257. The monoisotopic (exact) mass is 611 g/mol. The number of aryl methyl sites for hydroxylation is 1. The largest absolute Gasteiger partial charge is 0.378 e.